The molecule has 0 spiro atoms. The summed E-state index contributed by atoms with van der Waals surface area (Å²) in [5, 5.41) is 19.6. The largest absolute Gasteiger partial charge is 0.508 e. The van der Waals surface area contributed by atoms with Crippen molar-refractivity contribution < 1.29 is 19.7 Å². The molecule has 0 saturated heterocycles. The molecule has 1 aromatic carbocycles. The van der Waals surface area contributed by atoms with Gasteiger partial charge in [0.2, 0.25) is 6.79 Å². The number of rotatable bonds is 4. The quantitative estimate of drug-likeness (QED) is 0.840. The Morgan fingerprint density at radius 3 is 2.53 bits per heavy atom. The number of fused-ring (bicyclic) bond motifs is 1. The summed E-state index contributed by atoms with van der Waals surface area (Å²) < 4.78 is 10.5. The second-order valence-electron chi connectivity index (χ2n) is 4.26. The third-order valence-corrected chi connectivity index (χ3v) is 3.52. The number of phenols is 1. The molecular formula is C13H17O4. The van der Waals surface area contributed by atoms with E-state index in [1.54, 1.807) is 6.07 Å². The van der Waals surface area contributed by atoms with Crippen molar-refractivity contribution in [2.45, 2.75) is 25.2 Å². The standard InChI is InChI=1S/C13H17O4/c1-3-13(4-2,7-14)9-5-11-12(6-10(9)15)17-8-16-11/h5-6,14-15H,1,3-4,7-8H2,2H3. The molecule has 0 saturated carbocycles. The molecule has 1 aliphatic rings. The number of hydrogen-bond donors (Lipinski definition) is 2. The molecule has 0 fully saturated rings. The van der Waals surface area contributed by atoms with Crippen molar-refractivity contribution in [3.05, 3.63) is 24.6 Å². The third-order valence-electron chi connectivity index (χ3n) is 3.52. The summed E-state index contributed by atoms with van der Waals surface area (Å²) in [5.74, 6) is 1.27. The molecule has 0 bridgehead atoms. The van der Waals surface area contributed by atoms with Crippen LogP contribution in [0.15, 0.2) is 12.1 Å². The van der Waals surface area contributed by atoms with E-state index in [0.29, 0.717) is 29.9 Å². The number of hydrogen-bond acceptors (Lipinski definition) is 4. The molecule has 0 amide bonds. The average molecular weight is 237 g/mol. The molecule has 2 rings (SSSR count). The number of ether oxygens (including phenoxy) is 2. The van der Waals surface area contributed by atoms with Crippen LogP contribution in [-0.2, 0) is 5.41 Å². The zero-order chi connectivity index (χ0) is 12.5. The minimum Gasteiger partial charge on any atom is -0.508 e. The molecule has 1 aromatic rings. The highest BCUT2D eigenvalue weighted by Crippen LogP contribution is 2.44. The lowest BCUT2D eigenvalue weighted by Crippen LogP contribution is -2.29. The van der Waals surface area contributed by atoms with E-state index in [4.69, 9.17) is 9.47 Å². The van der Waals surface area contributed by atoms with Crippen molar-refractivity contribution in [1.82, 2.24) is 0 Å². The average Bonchev–Trinajstić information content (AvgIpc) is 2.79. The number of aliphatic hydroxyl groups is 1. The normalized spacial score (nSPS) is 14.1. The molecule has 0 aliphatic carbocycles. The SMILES string of the molecule is [CH2]CC(CC)(CO)c1cc2c(cc1O)OCO2. The van der Waals surface area contributed by atoms with E-state index in [-0.39, 0.29) is 19.1 Å². The predicted octanol–water partition coefficient (Wildman–Crippen LogP) is 1.99. The molecule has 1 radical (unpaired) electrons. The highest BCUT2D eigenvalue weighted by atomic mass is 16.7. The van der Waals surface area contributed by atoms with Crippen molar-refractivity contribution in [3.63, 3.8) is 0 Å². The Bertz CT molecular complexity index is 402. The fourth-order valence-corrected chi connectivity index (χ4v) is 2.13. The van der Waals surface area contributed by atoms with Gasteiger partial charge in [-0.2, -0.15) is 0 Å². The van der Waals surface area contributed by atoms with Crippen molar-refractivity contribution in [2.24, 2.45) is 0 Å². The highest BCUT2D eigenvalue weighted by molar-refractivity contribution is 5.53. The molecule has 1 aliphatic heterocycles. The molecule has 4 nitrogen and oxygen atoms in total. The molecular weight excluding hydrogens is 220 g/mol. The van der Waals surface area contributed by atoms with E-state index in [0.717, 1.165) is 0 Å². The first kappa shape index (κ1) is 12.0. The zero-order valence-corrected chi connectivity index (χ0v) is 9.90. The van der Waals surface area contributed by atoms with Crippen LogP contribution >= 0.6 is 0 Å². The number of aromatic hydroxyl groups is 1. The molecule has 1 heterocycles. The van der Waals surface area contributed by atoms with Crippen molar-refractivity contribution in [3.8, 4) is 17.2 Å². The van der Waals surface area contributed by atoms with Crippen molar-refractivity contribution in [1.29, 1.82) is 0 Å². The first-order chi connectivity index (χ1) is 8.16. The summed E-state index contributed by atoms with van der Waals surface area (Å²) in [6, 6.07) is 3.27. The van der Waals surface area contributed by atoms with Gasteiger partial charge >= 0.3 is 0 Å². The lowest BCUT2D eigenvalue weighted by Gasteiger charge is -2.30. The molecule has 4 heteroatoms. The maximum Gasteiger partial charge on any atom is 0.231 e. The second kappa shape index (κ2) is 4.45. The fraction of sp³-hybridized carbons (Fsp3) is 0.462. The second-order valence-corrected chi connectivity index (χ2v) is 4.26. The van der Waals surface area contributed by atoms with E-state index in [1.165, 1.54) is 6.07 Å². The van der Waals surface area contributed by atoms with E-state index in [9.17, 15) is 10.2 Å². The van der Waals surface area contributed by atoms with Crippen LogP contribution in [-0.4, -0.2) is 23.6 Å². The molecule has 17 heavy (non-hydrogen) atoms. The lowest BCUT2D eigenvalue weighted by molar-refractivity contribution is 0.173. The van der Waals surface area contributed by atoms with Crippen LogP contribution in [0, 0.1) is 6.92 Å². The Balaban J connectivity index is 2.51. The van der Waals surface area contributed by atoms with Crippen molar-refractivity contribution in [2.75, 3.05) is 13.4 Å². The minimum absolute atomic E-state index is 0.0554. The monoisotopic (exact) mass is 237 g/mol. The third kappa shape index (κ3) is 1.82. The smallest absolute Gasteiger partial charge is 0.231 e. The molecule has 1 atom stereocenters. The summed E-state index contributed by atoms with van der Waals surface area (Å²) in [5.41, 5.74) is 0.146. The Morgan fingerprint density at radius 2 is 2.00 bits per heavy atom. The number of aliphatic hydroxyl groups excluding tert-OH is 1. The van der Waals surface area contributed by atoms with Crippen LogP contribution in [0.25, 0.3) is 0 Å². The van der Waals surface area contributed by atoms with E-state index >= 15 is 0 Å². The van der Waals surface area contributed by atoms with Gasteiger partial charge < -0.3 is 19.7 Å². The fourth-order valence-electron chi connectivity index (χ4n) is 2.13. The highest BCUT2D eigenvalue weighted by Gasteiger charge is 2.32. The molecule has 0 aromatic heterocycles. The van der Waals surface area contributed by atoms with E-state index in [2.05, 4.69) is 6.92 Å². The number of phenolic OH excluding ortho intramolecular Hbond substituents is 1. The topological polar surface area (TPSA) is 58.9 Å². The maximum absolute atomic E-state index is 10.0. The number of benzene rings is 1. The van der Waals surface area contributed by atoms with Crippen LogP contribution in [0.2, 0.25) is 0 Å². The summed E-state index contributed by atoms with van der Waals surface area (Å²) in [6.07, 6.45) is 1.20. The van der Waals surface area contributed by atoms with Crippen LogP contribution in [0.3, 0.4) is 0 Å². The van der Waals surface area contributed by atoms with Crippen LogP contribution in [0.1, 0.15) is 25.3 Å². The Kier molecular flexibility index (Phi) is 3.15. The molecule has 93 valence electrons. The Hall–Kier alpha value is -1.42. The van der Waals surface area contributed by atoms with Gasteiger partial charge in [0, 0.05) is 17.0 Å². The van der Waals surface area contributed by atoms with Gasteiger partial charge in [-0.3, -0.25) is 0 Å². The predicted molar refractivity (Wildman–Crippen MR) is 63.3 cm³/mol. The summed E-state index contributed by atoms with van der Waals surface area (Å²) in [6.45, 7) is 5.94. The van der Waals surface area contributed by atoms with Crippen LogP contribution in [0.4, 0.5) is 0 Å². The molecule has 2 N–H and O–H groups in total. The van der Waals surface area contributed by atoms with Crippen LogP contribution < -0.4 is 9.47 Å². The maximum atomic E-state index is 10.0. The van der Waals surface area contributed by atoms with E-state index < -0.39 is 5.41 Å². The van der Waals surface area contributed by atoms with Gasteiger partial charge in [0.05, 0.1) is 6.61 Å². The lowest BCUT2D eigenvalue weighted by atomic mass is 9.76. The summed E-state index contributed by atoms with van der Waals surface area (Å²) in [7, 11) is 0. The zero-order valence-electron chi connectivity index (χ0n) is 9.90. The van der Waals surface area contributed by atoms with E-state index in [1.807, 2.05) is 6.92 Å². The van der Waals surface area contributed by atoms with Crippen molar-refractivity contribution >= 4 is 0 Å². The minimum atomic E-state index is -0.523. The van der Waals surface area contributed by atoms with Gasteiger partial charge in [0.15, 0.2) is 11.5 Å². The van der Waals surface area contributed by atoms with Crippen LogP contribution in [0.5, 0.6) is 17.2 Å². The van der Waals surface area contributed by atoms with Gasteiger partial charge in [-0.05, 0) is 18.9 Å². The summed E-state index contributed by atoms with van der Waals surface area (Å²) >= 11 is 0. The van der Waals surface area contributed by atoms with Gasteiger partial charge in [-0.15, -0.1) is 0 Å². The Labute approximate surface area is 101 Å². The van der Waals surface area contributed by atoms with Gasteiger partial charge in [-0.25, -0.2) is 0 Å². The van der Waals surface area contributed by atoms with Gasteiger partial charge in [0.25, 0.3) is 0 Å². The Morgan fingerprint density at radius 1 is 1.35 bits per heavy atom. The molecule has 1 unspecified atom stereocenters. The van der Waals surface area contributed by atoms with Gasteiger partial charge in [-0.1, -0.05) is 13.8 Å². The first-order valence-electron chi connectivity index (χ1n) is 5.70. The summed E-state index contributed by atoms with van der Waals surface area (Å²) in [4.78, 5) is 0. The van der Waals surface area contributed by atoms with Gasteiger partial charge in [0.1, 0.15) is 5.75 Å². The first-order valence-corrected chi connectivity index (χ1v) is 5.70.